The number of aryl methyl sites for hydroxylation is 1. The van der Waals surface area contributed by atoms with Crippen molar-refractivity contribution in [1.29, 1.82) is 0 Å². The first-order valence-electron chi connectivity index (χ1n) is 10.1. The second-order valence-corrected chi connectivity index (χ2v) is 9.45. The number of nitrogens with zero attached hydrogens (tertiary/aromatic N) is 2. The number of amides is 2. The van der Waals surface area contributed by atoms with E-state index in [1.165, 1.54) is 4.88 Å². The van der Waals surface area contributed by atoms with Crippen molar-refractivity contribution in [3.8, 4) is 0 Å². The second kappa shape index (κ2) is 9.85. The van der Waals surface area contributed by atoms with Crippen molar-refractivity contribution in [3.63, 3.8) is 0 Å². The number of fused-ring (bicyclic) bond motifs is 1. The molecule has 0 aliphatic carbocycles. The minimum Gasteiger partial charge on any atom is -0.335 e. The van der Waals surface area contributed by atoms with Crippen LogP contribution in [-0.4, -0.2) is 28.7 Å². The maximum absolute atomic E-state index is 12.9. The summed E-state index contributed by atoms with van der Waals surface area (Å²) in [4.78, 5) is 32.7. The monoisotopic (exact) mass is 449 g/mol. The lowest BCUT2D eigenvalue weighted by Gasteiger charge is -2.16. The number of hydrogen-bond acceptors (Lipinski definition) is 5. The van der Waals surface area contributed by atoms with E-state index < -0.39 is 0 Å². The maximum atomic E-state index is 12.9. The number of nitrogens with one attached hydrogen (secondary N) is 1. The fourth-order valence-corrected chi connectivity index (χ4v) is 5.09. The van der Waals surface area contributed by atoms with Gasteiger partial charge in [-0.3, -0.25) is 9.59 Å². The summed E-state index contributed by atoms with van der Waals surface area (Å²) in [5, 5.41) is 5.85. The summed E-state index contributed by atoms with van der Waals surface area (Å²) in [6.45, 7) is 0.442. The van der Waals surface area contributed by atoms with E-state index in [-0.39, 0.29) is 11.8 Å². The fourth-order valence-electron chi connectivity index (χ4n) is 3.31. The number of para-hydroxylation sites is 1. The Morgan fingerprint density at radius 3 is 2.74 bits per heavy atom. The summed E-state index contributed by atoms with van der Waals surface area (Å²) < 4.78 is 1.11. The van der Waals surface area contributed by atoms with Crippen LogP contribution in [0.1, 0.15) is 33.1 Å². The molecule has 4 aromatic rings. The van der Waals surface area contributed by atoms with Crippen molar-refractivity contribution in [2.75, 3.05) is 12.4 Å². The highest BCUT2D eigenvalue weighted by Gasteiger charge is 2.15. The van der Waals surface area contributed by atoms with Crippen molar-refractivity contribution in [1.82, 2.24) is 9.88 Å². The number of thiophene rings is 1. The van der Waals surface area contributed by atoms with Crippen molar-refractivity contribution in [2.24, 2.45) is 0 Å². The fraction of sp³-hybridized carbons (Fsp3) is 0.208. The van der Waals surface area contributed by atoms with Gasteiger partial charge in [-0.2, -0.15) is 0 Å². The van der Waals surface area contributed by atoms with Gasteiger partial charge in [-0.25, -0.2) is 4.98 Å². The van der Waals surface area contributed by atoms with Gasteiger partial charge in [-0.15, -0.1) is 22.7 Å². The van der Waals surface area contributed by atoms with Crippen LogP contribution in [0.2, 0.25) is 0 Å². The second-order valence-electron chi connectivity index (χ2n) is 7.30. The highest BCUT2D eigenvalue weighted by atomic mass is 32.1. The molecule has 5 nitrogen and oxygen atoms in total. The van der Waals surface area contributed by atoms with Crippen LogP contribution in [-0.2, 0) is 17.8 Å². The number of hydrogen-bond donors (Lipinski definition) is 1. The average molecular weight is 450 g/mol. The number of benzene rings is 2. The van der Waals surface area contributed by atoms with E-state index in [0.29, 0.717) is 24.2 Å². The van der Waals surface area contributed by atoms with E-state index in [1.807, 2.05) is 41.8 Å². The summed E-state index contributed by atoms with van der Waals surface area (Å²) in [6, 6.07) is 19.2. The molecule has 31 heavy (non-hydrogen) atoms. The summed E-state index contributed by atoms with van der Waals surface area (Å²) >= 11 is 3.31. The van der Waals surface area contributed by atoms with Gasteiger partial charge < -0.3 is 10.2 Å². The maximum Gasteiger partial charge on any atom is 0.254 e. The lowest BCUT2D eigenvalue weighted by atomic mass is 10.1. The molecule has 0 unspecified atom stereocenters. The molecule has 2 amide bonds. The lowest BCUT2D eigenvalue weighted by Crippen LogP contribution is -2.26. The van der Waals surface area contributed by atoms with Gasteiger partial charge in [0.15, 0.2) is 0 Å². The van der Waals surface area contributed by atoms with Crippen LogP contribution in [0.15, 0.2) is 66.0 Å². The first-order chi connectivity index (χ1) is 15.1. The van der Waals surface area contributed by atoms with Crippen molar-refractivity contribution < 1.29 is 9.59 Å². The molecule has 2 heterocycles. The van der Waals surface area contributed by atoms with E-state index in [4.69, 9.17) is 0 Å². The van der Waals surface area contributed by atoms with Crippen LogP contribution in [0, 0.1) is 0 Å². The molecule has 1 N–H and O–H groups in total. The Hall–Kier alpha value is -3.03. The minimum absolute atomic E-state index is 0.0380. The van der Waals surface area contributed by atoms with Crippen molar-refractivity contribution in [3.05, 3.63) is 81.5 Å². The molecule has 2 aromatic heterocycles. The Kier molecular flexibility index (Phi) is 6.74. The van der Waals surface area contributed by atoms with Gasteiger partial charge in [0.2, 0.25) is 5.91 Å². The van der Waals surface area contributed by atoms with Gasteiger partial charge >= 0.3 is 0 Å². The van der Waals surface area contributed by atoms with E-state index in [2.05, 4.69) is 16.4 Å². The number of rotatable bonds is 8. The van der Waals surface area contributed by atoms with Gasteiger partial charge in [-0.05, 0) is 54.6 Å². The SMILES string of the molecule is CN(Cc1nc2ccccc2s1)C(=O)c1cccc(NC(=O)CCCc2cccs2)c1. The van der Waals surface area contributed by atoms with E-state index >= 15 is 0 Å². The number of aromatic nitrogens is 1. The highest BCUT2D eigenvalue weighted by molar-refractivity contribution is 7.18. The van der Waals surface area contributed by atoms with Gasteiger partial charge in [0.05, 0.1) is 16.8 Å². The summed E-state index contributed by atoms with van der Waals surface area (Å²) in [6.07, 6.45) is 2.16. The van der Waals surface area contributed by atoms with Gasteiger partial charge in [0.25, 0.3) is 5.91 Å². The molecule has 7 heteroatoms. The topological polar surface area (TPSA) is 62.3 Å². The summed E-state index contributed by atoms with van der Waals surface area (Å²) in [5.74, 6) is -0.142. The molecule has 4 rings (SSSR count). The molecule has 0 atom stereocenters. The molecule has 0 aliphatic rings. The molecule has 0 saturated heterocycles. The Labute approximate surface area is 189 Å². The Balaban J connectivity index is 1.33. The van der Waals surface area contributed by atoms with Gasteiger partial charge in [-0.1, -0.05) is 24.3 Å². The smallest absolute Gasteiger partial charge is 0.254 e. The number of anilines is 1. The predicted molar refractivity (Wildman–Crippen MR) is 128 cm³/mol. The highest BCUT2D eigenvalue weighted by Crippen LogP contribution is 2.23. The number of carbonyl (C=O) groups is 2. The van der Waals surface area contributed by atoms with Crippen LogP contribution in [0.5, 0.6) is 0 Å². The van der Waals surface area contributed by atoms with E-state index in [0.717, 1.165) is 28.1 Å². The zero-order valence-corrected chi connectivity index (χ0v) is 18.8. The molecule has 2 aromatic carbocycles. The number of carbonyl (C=O) groups excluding carboxylic acids is 2. The van der Waals surface area contributed by atoms with Crippen LogP contribution in [0.3, 0.4) is 0 Å². The first-order valence-corrected chi connectivity index (χ1v) is 11.8. The van der Waals surface area contributed by atoms with Crippen LogP contribution >= 0.6 is 22.7 Å². The molecular weight excluding hydrogens is 426 g/mol. The Morgan fingerprint density at radius 2 is 1.94 bits per heavy atom. The summed E-state index contributed by atoms with van der Waals surface area (Å²) in [5.41, 5.74) is 2.13. The third kappa shape index (κ3) is 5.57. The third-order valence-corrected chi connectivity index (χ3v) is 6.82. The first kappa shape index (κ1) is 21.2. The normalized spacial score (nSPS) is 10.9. The average Bonchev–Trinajstić information content (AvgIpc) is 3.42. The molecule has 0 radical (unpaired) electrons. The van der Waals surface area contributed by atoms with Crippen LogP contribution < -0.4 is 5.32 Å². The third-order valence-electron chi connectivity index (χ3n) is 4.86. The molecule has 0 bridgehead atoms. The Bertz CT molecular complexity index is 1150. The van der Waals surface area contributed by atoms with E-state index in [9.17, 15) is 9.59 Å². The molecule has 158 valence electrons. The molecular formula is C24H23N3O2S2. The Morgan fingerprint density at radius 1 is 1.06 bits per heavy atom. The quantitative estimate of drug-likeness (QED) is 0.381. The largest absolute Gasteiger partial charge is 0.335 e. The van der Waals surface area contributed by atoms with Crippen molar-refractivity contribution >= 4 is 50.4 Å². The van der Waals surface area contributed by atoms with Gasteiger partial charge in [0.1, 0.15) is 5.01 Å². The minimum atomic E-state index is -0.104. The van der Waals surface area contributed by atoms with E-state index in [1.54, 1.807) is 52.8 Å². The van der Waals surface area contributed by atoms with Crippen molar-refractivity contribution in [2.45, 2.75) is 25.8 Å². The van der Waals surface area contributed by atoms with Gasteiger partial charge in [0, 0.05) is 29.6 Å². The standard InChI is InChI=1S/C24H23N3O2S2/c1-27(16-23-26-20-11-2-3-12-21(20)31-23)24(29)17-7-4-8-18(15-17)25-22(28)13-5-9-19-10-6-14-30-19/h2-4,6-8,10-12,14-15H,5,9,13,16H2,1H3,(H,25,28). The zero-order chi connectivity index (χ0) is 21.6. The molecule has 0 aliphatic heterocycles. The summed E-state index contributed by atoms with van der Waals surface area (Å²) in [7, 11) is 1.77. The number of thiazole rings is 1. The molecule has 0 saturated carbocycles. The van der Waals surface area contributed by atoms with Crippen LogP contribution in [0.25, 0.3) is 10.2 Å². The zero-order valence-electron chi connectivity index (χ0n) is 17.2. The molecule has 0 fully saturated rings. The molecule has 0 spiro atoms. The predicted octanol–water partition coefficient (Wildman–Crippen LogP) is 5.59. The van der Waals surface area contributed by atoms with Crippen LogP contribution in [0.4, 0.5) is 5.69 Å². The lowest BCUT2D eigenvalue weighted by molar-refractivity contribution is -0.116.